The third kappa shape index (κ3) is 6.83. The predicted molar refractivity (Wildman–Crippen MR) is 179 cm³/mol. The van der Waals surface area contributed by atoms with Crippen molar-refractivity contribution in [2.24, 2.45) is 0 Å². The molecule has 1 atom stereocenters. The number of nitrogens with zero attached hydrogens (tertiary/aromatic N) is 4. The quantitative estimate of drug-likeness (QED) is 0.158. The molecule has 0 spiro atoms. The number of nitrogens with one attached hydrogen (secondary N) is 4. The van der Waals surface area contributed by atoms with E-state index in [9.17, 15) is 14.0 Å². The van der Waals surface area contributed by atoms with E-state index in [0.29, 0.717) is 38.4 Å². The maximum Gasteiger partial charge on any atom is 0.128 e. The maximum atomic E-state index is 14.0. The Labute approximate surface area is 276 Å². The highest BCUT2D eigenvalue weighted by molar-refractivity contribution is 6.36. The van der Waals surface area contributed by atoms with Gasteiger partial charge in [-0.3, -0.25) is 14.9 Å². The number of aromatic nitrogens is 1. The second-order valence-corrected chi connectivity index (χ2v) is 13.4. The molecule has 3 aromatic carbocycles. The number of rotatable bonds is 7. The SMILES string of the molecule is CC(C)(C)N1CCC(N2C=C([C@@H](Nc3cc(Cl)c4ncc(C#N)c(Nc5cc(F)cc(F)c5)c4c3)c3ccc(Cl)cc3)NN2)CC1. The van der Waals surface area contributed by atoms with Crippen molar-refractivity contribution < 1.29 is 8.78 Å². The summed E-state index contributed by atoms with van der Waals surface area (Å²) in [6.45, 7) is 8.78. The number of nitriles is 1. The van der Waals surface area contributed by atoms with E-state index in [-0.39, 0.29) is 22.8 Å². The third-order valence-electron chi connectivity index (χ3n) is 8.42. The molecule has 4 aromatic rings. The van der Waals surface area contributed by atoms with Gasteiger partial charge in [0.15, 0.2) is 0 Å². The largest absolute Gasteiger partial charge is 0.373 e. The van der Waals surface area contributed by atoms with Crippen LogP contribution in [-0.2, 0) is 0 Å². The van der Waals surface area contributed by atoms with E-state index in [1.165, 1.54) is 6.20 Å². The van der Waals surface area contributed by atoms with Crippen LogP contribution >= 0.6 is 23.2 Å². The van der Waals surface area contributed by atoms with E-state index >= 15 is 0 Å². The Hall–Kier alpha value is -4.14. The van der Waals surface area contributed by atoms with Crippen LogP contribution in [0.25, 0.3) is 10.9 Å². The number of hydrogen-bond donors (Lipinski definition) is 4. The van der Waals surface area contributed by atoms with Crippen molar-refractivity contribution in [1.29, 1.82) is 5.26 Å². The van der Waals surface area contributed by atoms with Gasteiger partial charge in [0.1, 0.15) is 17.7 Å². The zero-order valence-electron chi connectivity index (χ0n) is 25.6. The number of hydrazine groups is 2. The van der Waals surface area contributed by atoms with Crippen LogP contribution in [-0.4, -0.2) is 39.6 Å². The number of anilines is 3. The number of benzene rings is 3. The summed E-state index contributed by atoms with van der Waals surface area (Å²) >= 11 is 13.0. The average molecular weight is 664 g/mol. The monoisotopic (exact) mass is 662 g/mol. The summed E-state index contributed by atoms with van der Waals surface area (Å²) in [6, 6.07) is 16.3. The number of fused-ring (bicyclic) bond motifs is 1. The van der Waals surface area contributed by atoms with Gasteiger partial charge in [-0.1, -0.05) is 35.3 Å². The molecule has 1 saturated heterocycles. The van der Waals surface area contributed by atoms with Gasteiger partial charge >= 0.3 is 0 Å². The predicted octanol–water partition coefficient (Wildman–Crippen LogP) is 8.02. The molecule has 238 valence electrons. The second kappa shape index (κ2) is 12.9. The van der Waals surface area contributed by atoms with Gasteiger partial charge in [0.25, 0.3) is 0 Å². The van der Waals surface area contributed by atoms with E-state index in [4.69, 9.17) is 23.2 Å². The number of pyridine rings is 1. The Morgan fingerprint density at radius 3 is 2.35 bits per heavy atom. The van der Waals surface area contributed by atoms with E-state index in [1.54, 1.807) is 6.07 Å². The molecule has 12 heteroatoms. The Morgan fingerprint density at radius 1 is 1.00 bits per heavy atom. The molecule has 1 aromatic heterocycles. The molecule has 0 aliphatic carbocycles. The molecule has 0 amide bonds. The average Bonchev–Trinajstić information content (AvgIpc) is 3.50. The standard InChI is InChI=1S/C34H34Cl2F2N8/c1-34(2,3)45-10-8-27(9-11-45)46-19-30(43-44-46)32(20-4-6-22(35)7-5-20)42-26-15-28-31(41-25-13-23(37)12-24(38)14-25)21(17-39)18-40-33(28)29(36)16-26/h4-7,12-16,18-19,27,32,42-44H,8-11H2,1-3H3,(H,40,41)/t32-/m0/s1. The van der Waals surface area contributed by atoms with Gasteiger partial charge in [0.2, 0.25) is 0 Å². The zero-order chi connectivity index (χ0) is 32.6. The number of piperidine rings is 1. The van der Waals surface area contributed by atoms with E-state index in [0.717, 1.165) is 55.4 Å². The van der Waals surface area contributed by atoms with Crippen molar-refractivity contribution in [1.82, 2.24) is 25.9 Å². The maximum absolute atomic E-state index is 14.0. The molecule has 1 fully saturated rings. The molecular weight excluding hydrogens is 629 g/mol. The van der Waals surface area contributed by atoms with Gasteiger partial charge in [0, 0.05) is 64.9 Å². The molecule has 3 heterocycles. The fraction of sp³-hybridized carbons (Fsp3) is 0.294. The zero-order valence-corrected chi connectivity index (χ0v) is 27.1. The fourth-order valence-corrected chi connectivity index (χ4v) is 6.39. The Kier molecular flexibility index (Phi) is 8.95. The fourth-order valence-electron chi connectivity index (χ4n) is 6.00. The first-order valence-corrected chi connectivity index (χ1v) is 15.8. The summed E-state index contributed by atoms with van der Waals surface area (Å²) in [5, 5.41) is 20.1. The van der Waals surface area contributed by atoms with E-state index in [2.05, 4.69) is 69.5 Å². The van der Waals surface area contributed by atoms with Crippen LogP contribution in [0.2, 0.25) is 10.0 Å². The first kappa shape index (κ1) is 31.8. The highest BCUT2D eigenvalue weighted by atomic mass is 35.5. The molecule has 8 nitrogen and oxygen atoms in total. The number of halogens is 4. The lowest BCUT2D eigenvalue weighted by Gasteiger charge is -2.42. The van der Waals surface area contributed by atoms with Gasteiger partial charge in [-0.15, -0.1) is 5.53 Å². The minimum atomic E-state index is -0.745. The van der Waals surface area contributed by atoms with Gasteiger partial charge in [-0.05, 0) is 75.6 Å². The molecule has 2 aliphatic heterocycles. The Morgan fingerprint density at radius 2 is 1.70 bits per heavy atom. The van der Waals surface area contributed by atoms with Crippen molar-refractivity contribution in [2.45, 2.75) is 51.2 Å². The van der Waals surface area contributed by atoms with Crippen molar-refractivity contribution >= 4 is 51.2 Å². The molecule has 4 N–H and O–H groups in total. The molecule has 46 heavy (non-hydrogen) atoms. The molecule has 0 bridgehead atoms. The first-order chi connectivity index (χ1) is 22.0. The van der Waals surface area contributed by atoms with Crippen molar-refractivity contribution in [3.63, 3.8) is 0 Å². The summed E-state index contributed by atoms with van der Waals surface area (Å²) < 4.78 is 28.0. The van der Waals surface area contributed by atoms with E-state index < -0.39 is 11.6 Å². The minimum absolute atomic E-state index is 0.139. The lowest BCUT2D eigenvalue weighted by molar-refractivity contribution is 0.0570. The summed E-state index contributed by atoms with van der Waals surface area (Å²) in [7, 11) is 0. The normalized spacial score (nSPS) is 16.6. The van der Waals surface area contributed by atoms with E-state index in [1.807, 2.05) is 30.3 Å². The summed E-state index contributed by atoms with van der Waals surface area (Å²) in [5.41, 5.74) is 10.4. The Balaban J connectivity index is 1.34. The van der Waals surface area contributed by atoms with Gasteiger partial charge in [0.05, 0.1) is 33.5 Å². The molecule has 0 unspecified atom stereocenters. The molecule has 0 radical (unpaired) electrons. The smallest absolute Gasteiger partial charge is 0.128 e. The lowest BCUT2D eigenvalue weighted by Crippen LogP contribution is -2.52. The van der Waals surface area contributed by atoms with Crippen molar-refractivity contribution in [3.8, 4) is 6.07 Å². The van der Waals surface area contributed by atoms with Crippen LogP contribution in [0.4, 0.5) is 25.8 Å². The summed E-state index contributed by atoms with van der Waals surface area (Å²) in [5.74, 6) is -1.49. The van der Waals surface area contributed by atoms with Crippen LogP contribution in [0.5, 0.6) is 0 Å². The van der Waals surface area contributed by atoms with Crippen LogP contribution in [0.15, 0.2) is 72.7 Å². The van der Waals surface area contributed by atoms with Gasteiger partial charge in [-0.2, -0.15) is 5.26 Å². The number of likely N-dealkylation sites (tertiary alicyclic amines) is 1. The highest BCUT2D eigenvalue weighted by Crippen LogP contribution is 2.37. The highest BCUT2D eigenvalue weighted by Gasteiger charge is 2.32. The van der Waals surface area contributed by atoms with Crippen LogP contribution in [0.3, 0.4) is 0 Å². The molecule has 2 aliphatic rings. The molecular formula is C34H34Cl2F2N8. The van der Waals surface area contributed by atoms with Gasteiger partial charge in [-0.25, -0.2) is 8.78 Å². The van der Waals surface area contributed by atoms with Crippen LogP contribution in [0.1, 0.15) is 50.8 Å². The van der Waals surface area contributed by atoms with Crippen LogP contribution < -0.4 is 21.6 Å². The minimum Gasteiger partial charge on any atom is -0.373 e. The van der Waals surface area contributed by atoms with Crippen molar-refractivity contribution in [2.75, 3.05) is 23.7 Å². The third-order valence-corrected chi connectivity index (χ3v) is 8.96. The van der Waals surface area contributed by atoms with Crippen molar-refractivity contribution in [3.05, 3.63) is 105 Å². The topological polar surface area (TPSA) is 91.3 Å². The lowest BCUT2D eigenvalue weighted by atomic mass is 9.98. The molecule has 0 saturated carbocycles. The van der Waals surface area contributed by atoms with Gasteiger partial charge < -0.3 is 16.1 Å². The summed E-state index contributed by atoms with van der Waals surface area (Å²) in [4.78, 5) is 6.92. The summed E-state index contributed by atoms with van der Waals surface area (Å²) in [6.07, 6.45) is 5.52. The second-order valence-electron chi connectivity index (χ2n) is 12.5. The Bertz CT molecular complexity index is 1810. The molecule has 6 rings (SSSR count). The number of hydrogen-bond acceptors (Lipinski definition) is 8. The first-order valence-electron chi connectivity index (χ1n) is 15.0. The van der Waals surface area contributed by atoms with Crippen LogP contribution in [0, 0.1) is 23.0 Å².